The summed E-state index contributed by atoms with van der Waals surface area (Å²) in [6.45, 7) is 6.45. The molecular formula is C15H27N3O3. The number of piperidine rings is 1. The third-order valence-electron chi connectivity index (χ3n) is 4.66. The number of likely N-dealkylation sites (tertiary alicyclic amines) is 1. The minimum Gasteiger partial charge on any atom is -0.481 e. The Kier molecular flexibility index (Phi) is 5.22. The fourth-order valence-corrected chi connectivity index (χ4v) is 3.15. The van der Waals surface area contributed by atoms with Crippen LogP contribution >= 0.6 is 0 Å². The molecule has 2 rings (SSSR count). The highest BCUT2D eigenvalue weighted by Gasteiger charge is 2.36. The van der Waals surface area contributed by atoms with Crippen LogP contribution in [0.2, 0.25) is 0 Å². The maximum atomic E-state index is 12.4. The van der Waals surface area contributed by atoms with Crippen LogP contribution in [0.1, 0.15) is 39.5 Å². The van der Waals surface area contributed by atoms with Crippen molar-refractivity contribution in [3.05, 3.63) is 0 Å². The molecule has 3 N–H and O–H groups in total. The van der Waals surface area contributed by atoms with E-state index < -0.39 is 11.4 Å². The summed E-state index contributed by atoms with van der Waals surface area (Å²) in [5.74, 6) is -0.898. The molecule has 21 heavy (non-hydrogen) atoms. The summed E-state index contributed by atoms with van der Waals surface area (Å²) in [4.78, 5) is 25.8. The van der Waals surface area contributed by atoms with Crippen molar-refractivity contribution in [2.45, 2.75) is 51.6 Å². The summed E-state index contributed by atoms with van der Waals surface area (Å²) in [5, 5.41) is 15.3. The van der Waals surface area contributed by atoms with Crippen molar-refractivity contribution < 1.29 is 14.7 Å². The van der Waals surface area contributed by atoms with E-state index in [0.717, 1.165) is 45.3 Å². The van der Waals surface area contributed by atoms with Gasteiger partial charge < -0.3 is 15.7 Å². The summed E-state index contributed by atoms with van der Waals surface area (Å²) in [7, 11) is 0. The summed E-state index contributed by atoms with van der Waals surface area (Å²) in [6, 6.07) is 0.398. The number of nitrogens with one attached hydrogen (secondary N) is 2. The number of carbonyl (C=O) groups is 2. The van der Waals surface area contributed by atoms with Crippen LogP contribution in [0.4, 0.5) is 0 Å². The Labute approximate surface area is 126 Å². The van der Waals surface area contributed by atoms with E-state index in [1.165, 1.54) is 0 Å². The number of hydrogen-bond donors (Lipinski definition) is 3. The van der Waals surface area contributed by atoms with Gasteiger partial charge in [0.05, 0.1) is 11.5 Å². The normalized spacial score (nSPS) is 25.0. The van der Waals surface area contributed by atoms with Crippen LogP contribution in [0.5, 0.6) is 0 Å². The van der Waals surface area contributed by atoms with E-state index in [1.54, 1.807) is 13.8 Å². The maximum Gasteiger partial charge on any atom is 0.310 e. The first kappa shape index (κ1) is 16.2. The Hall–Kier alpha value is -1.14. The Morgan fingerprint density at radius 1 is 1.29 bits per heavy atom. The van der Waals surface area contributed by atoms with Gasteiger partial charge in [-0.05, 0) is 59.2 Å². The highest BCUT2D eigenvalue weighted by Crippen LogP contribution is 2.24. The molecule has 0 radical (unpaired) electrons. The van der Waals surface area contributed by atoms with Crippen LogP contribution in [0.15, 0.2) is 0 Å². The lowest BCUT2D eigenvalue weighted by atomic mass is 9.93. The first-order valence-electron chi connectivity index (χ1n) is 7.89. The molecule has 2 aliphatic rings. The molecule has 0 aliphatic carbocycles. The molecule has 1 atom stereocenters. The lowest BCUT2D eigenvalue weighted by molar-refractivity contribution is -0.147. The number of hydrogen-bond acceptors (Lipinski definition) is 4. The van der Waals surface area contributed by atoms with Crippen LogP contribution in [-0.2, 0) is 9.59 Å². The Bertz CT molecular complexity index is 392. The molecule has 2 saturated heterocycles. The monoisotopic (exact) mass is 297 g/mol. The van der Waals surface area contributed by atoms with Gasteiger partial charge in [0.15, 0.2) is 0 Å². The van der Waals surface area contributed by atoms with Gasteiger partial charge in [-0.3, -0.25) is 14.5 Å². The molecule has 6 heteroatoms. The van der Waals surface area contributed by atoms with Crippen molar-refractivity contribution in [3.8, 4) is 0 Å². The first-order valence-corrected chi connectivity index (χ1v) is 7.89. The van der Waals surface area contributed by atoms with Gasteiger partial charge in [0.1, 0.15) is 0 Å². The van der Waals surface area contributed by atoms with Crippen molar-refractivity contribution in [1.82, 2.24) is 15.5 Å². The predicted octanol–water partition coefficient (Wildman–Crippen LogP) is 0.430. The fraction of sp³-hybridized carbons (Fsp3) is 0.867. The van der Waals surface area contributed by atoms with Crippen LogP contribution in [-0.4, -0.2) is 60.1 Å². The third kappa shape index (κ3) is 3.95. The minimum absolute atomic E-state index is 0.0136. The molecule has 0 bridgehead atoms. The molecule has 120 valence electrons. The van der Waals surface area contributed by atoms with E-state index in [2.05, 4.69) is 15.5 Å². The second-order valence-electron chi connectivity index (χ2n) is 6.78. The van der Waals surface area contributed by atoms with E-state index in [0.29, 0.717) is 6.04 Å². The zero-order valence-electron chi connectivity index (χ0n) is 13.0. The van der Waals surface area contributed by atoms with E-state index in [4.69, 9.17) is 5.11 Å². The van der Waals surface area contributed by atoms with Gasteiger partial charge >= 0.3 is 5.97 Å². The number of carboxylic acid groups (broad SMARTS) is 1. The SMILES string of the molecule is CC(C)(CNC(=O)C1CCCN1C1CCNCC1)C(=O)O. The van der Waals surface area contributed by atoms with Gasteiger partial charge in [-0.1, -0.05) is 0 Å². The van der Waals surface area contributed by atoms with Gasteiger partial charge in [-0.25, -0.2) is 0 Å². The van der Waals surface area contributed by atoms with Crippen LogP contribution in [0, 0.1) is 5.41 Å². The lowest BCUT2D eigenvalue weighted by Gasteiger charge is -2.35. The van der Waals surface area contributed by atoms with E-state index >= 15 is 0 Å². The Morgan fingerprint density at radius 2 is 1.95 bits per heavy atom. The highest BCUT2D eigenvalue weighted by molar-refractivity contribution is 5.83. The summed E-state index contributed by atoms with van der Waals surface area (Å²) in [5.41, 5.74) is -0.923. The Balaban J connectivity index is 1.90. The topological polar surface area (TPSA) is 81.7 Å². The fourth-order valence-electron chi connectivity index (χ4n) is 3.15. The number of amides is 1. The van der Waals surface area contributed by atoms with Gasteiger partial charge in [0.2, 0.25) is 5.91 Å². The second kappa shape index (κ2) is 6.75. The van der Waals surface area contributed by atoms with Crippen LogP contribution in [0.3, 0.4) is 0 Å². The van der Waals surface area contributed by atoms with Gasteiger partial charge in [0.25, 0.3) is 0 Å². The van der Waals surface area contributed by atoms with Crippen molar-refractivity contribution in [3.63, 3.8) is 0 Å². The quantitative estimate of drug-likeness (QED) is 0.685. The zero-order valence-corrected chi connectivity index (χ0v) is 13.0. The van der Waals surface area contributed by atoms with Crippen molar-refractivity contribution in [1.29, 1.82) is 0 Å². The van der Waals surface area contributed by atoms with Gasteiger partial charge in [0, 0.05) is 12.6 Å². The second-order valence-corrected chi connectivity index (χ2v) is 6.78. The summed E-state index contributed by atoms with van der Waals surface area (Å²) >= 11 is 0. The summed E-state index contributed by atoms with van der Waals surface area (Å²) in [6.07, 6.45) is 4.10. The van der Waals surface area contributed by atoms with Crippen molar-refractivity contribution in [2.24, 2.45) is 5.41 Å². The molecule has 1 amide bonds. The predicted molar refractivity (Wildman–Crippen MR) is 80.0 cm³/mol. The number of nitrogens with zero attached hydrogens (tertiary/aromatic N) is 1. The molecule has 0 aromatic carbocycles. The standard InChI is InChI=1S/C15H27N3O3/c1-15(2,14(20)21)10-17-13(19)12-4-3-9-18(12)11-5-7-16-8-6-11/h11-12,16H,3-10H2,1-2H3,(H,17,19)(H,20,21). The molecule has 6 nitrogen and oxygen atoms in total. The largest absolute Gasteiger partial charge is 0.481 e. The first-order chi connectivity index (χ1) is 9.92. The van der Waals surface area contributed by atoms with Gasteiger partial charge in [-0.15, -0.1) is 0 Å². The number of carboxylic acids is 1. The van der Waals surface area contributed by atoms with Crippen molar-refractivity contribution >= 4 is 11.9 Å². The van der Waals surface area contributed by atoms with Crippen LogP contribution in [0.25, 0.3) is 0 Å². The molecule has 0 spiro atoms. The lowest BCUT2D eigenvalue weighted by Crippen LogP contribution is -2.52. The molecule has 2 aliphatic heterocycles. The highest BCUT2D eigenvalue weighted by atomic mass is 16.4. The molecule has 2 heterocycles. The van der Waals surface area contributed by atoms with Crippen LogP contribution < -0.4 is 10.6 Å². The Morgan fingerprint density at radius 3 is 2.57 bits per heavy atom. The number of rotatable bonds is 5. The molecule has 0 saturated carbocycles. The number of carbonyl (C=O) groups excluding carboxylic acids is 1. The molecule has 0 aromatic rings. The third-order valence-corrected chi connectivity index (χ3v) is 4.66. The minimum atomic E-state index is -0.923. The molecule has 1 unspecified atom stereocenters. The van der Waals surface area contributed by atoms with E-state index in [-0.39, 0.29) is 18.5 Å². The van der Waals surface area contributed by atoms with E-state index in [1.807, 2.05) is 0 Å². The van der Waals surface area contributed by atoms with Crippen molar-refractivity contribution in [2.75, 3.05) is 26.2 Å². The molecular weight excluding hydrogens is 270 g/mol. The average Bonchev–Trinajstić information content (AvgIpc) is 2.95. The number of aliphatic carboxylic acids is 1. The molecule has 0 aromatic heterocycles. The zero-order chi connectivity index (χ0) is 15.5. The maximum absolute atomic E-state index is 12.4. The molecule has 2 fully saturated rings. The van der Waals surface area contributed by atoms with E-state index in [9.17, 15) is 9.59 Å². The van der Waals surface area contributed by atoms with Gasteiger partial charge in [-0.2, -0.15) is 0 Å². The average molecular weight is 297 g/mol. The smallest absolute Gasteiger partial charge is 0.310 e. The summed E-state index contributed by atoms with van der Waals surface area (Å²) < 4.78 is 0.